The Labute approximate surface area is 124 Å². The maximum absolute atomic E-state index is 12.4. The van der Waals surface area contributed by atoms with E-state index >= 15 is 0 Å². The van der Waals surface area contributed by atoms with Crippen molar-refractivity contribution in [1.82, 2.24) is 19.7 Å². The highest BCUT2D eigenvalue weighted by molar-refractivity contribution is 6.31. The Hall–Kier alpha value is -2.47. The molecule has 0 spiro atoms. The third-order valence-corrected chi connectivity index (χ3v) is 3.91. The SMILES string of the molecule is Cn1ncc2c(C3C(=O)Nc4ccc(Cl)cc43)ncnc21. The Bertz CT molecular complexity index is 888. The molecule has 0 saturated heterocycles. The number of aryl methyl sites for hydroxylation is 1. The lowest BCUT2D eigenvalue weighted by Crippen LogP contribution is -2.15. The minimum atomic E-state index is -0.492. The van der Waals surface area contributed by atoms with E-state index in [-0.39, 0.29) is 5.91 Å². The van der Waals surface area contributed by atoms with Crippen molar-refractivity contribution in [3.63, 3.8) is 0 Å². The van der Waals surface area contributed by atoms with Crippen LogP contribution in [0.2, 0.25) is 5.02 Å². The van der Waals surface area contributed by atoms with Crippen LogP contribution >= 0.6 is 11.6 Å². The smallest absolute Gasteiger partial charge is 0.238 e. The second-order valence-corrected chi connectivity index (χ2v) is 5.35. The van der Waals surface area contributed by atoms with Gasteiger partial charge in [-0.2, -0.15) is 5.10 Å². The largest absolute Gasteiger partial charge is 0.325 e. The van der Waals surface area contributed by atoms with Gasteiger partial charge in [0, 0.05) is 17.8 Å². The Morgan fingerprint density at radius 1 is 1.33 bits per heavy atom. The molecular formula is C14H10ClN5O. The van der Waals surface area contributed by atoms with Gasteiger partial charge in [-0.25, -0.2) is 9.97 Å². The van der Waals surface area contributed by atoms with E-state index in [0.717, 1.165) is 16.6 Å². The lowest BCUT2D eigenvalue weighted by Gasteiger charge is -2.09. The molecule has 1 aliphatic heterocycles. The number of carbonyl (C=O) groups is 1. The summed E-state index contributed by atoms with van der Waals surface area (Å²) in [5.74, 6) is -0.607. The normalized spacial score (nSPS) is 17.0. The molecule has 104 valence electrons. The zero-order valence-corrected chi connectivity index (χ0v) is 11.8. The topological polar surface area (TPSA) is 72.7 Å². The van der Waals surface area contributed by atoms with E-state index in [1.807, 2.05) is 0 Å². The third-order valence-electron chi connectivity index (χ3n) is 3.68. The number of benzene rings is 1. The predicted molar refractivity (Wildman–Crippen MR) is 78.2 cm³/mol. The summed E-state index contributed by atoms with van der Waals surface area (Å²) in [6, 6.07) is 5.35. The van der Waals surface area contributed by atoms with Crippen molar-refractivity contribution in [2.45, 2.75) is 5.92 Å². The summed E-state index contributed by atoms with van der Waals surface area (Å²) in [5.41, 5.74) is 2.94. The summed E-state index contributed by atoms with van der Waals surface area (Å²) in [5, 5.41) is 8.40. The first kappa shape index (κ1) is 12.3. The molecule has 4 rings (SSSR count). The summed E-state index contributed by atoms with van der Waals surface area (Å²) >= 11 is 6.06. The summed E-state index contributed by atoms with van der Waals surface area (Å²) in [4.78, 5) is 20.9. The molecule has 3 aromatic rings. The highest BCUT2D eigenvalue weighted by Gasteiger charge is 2.34. The number of amides is 1. The maximum atomic E-state index is 12.4. The number of hydrogen-bond donors (Lipinski definition) is 1. The van der Waals surface area contributed by atoms with Gasteiger partial charge < -0.3 is 5.32 Å². The van der Waals surface area contributed by atoms with E-state index in [9.17, 15) is 4.79 Å². The molecule has 1 atom stereocenters. The number of nitrogens with one attached hydrogen (secondary N) is 1. The molecule has 21 heavy (non-hydrogen) atoms. The van der Waals surface area contributed by atoms with Gasteiger partial charge in [-0.15, -0.1) is 0 Å². The fourth-order valence-electron chi connectivity index (χ4n) is 2.71. The van der Waals surface area contributed by atoms with Gasteiger partial charge in [-0.3, -0.25) is 9.48 Å². The first-order valence-electron chi connectivity index (χ1n) is 6.38. The first-order valence-corrected chi connectivity index (χ1v) is 6.76. The van der Waals surface area contributed by atoms with Gasteiger partial charge in [0.1, 0.15) is 12.2 Å². The molecule has 1 N–H and O–H groups in total. The Balaban J connectivity index is 1.98. The molecule has 0 saturated carbocycles. The lowest BCUT2D eigenvalue weighted by atomic mass is 9.95. The van der Waals surface area contributed by atoms with Crippen molar-refractivity contribution in [1.29, 1.82) is 0 Å². The number of fused-ring (bicyclic) bond motifs is 2. The van der Waals surface area contributed by atoms with Crippen LogP contribution in [-0.4, -0.2) is 25.7 Å². The summed E-state index contributed by atoms with van der Waals surface area (Å²) in [6.07, 6.45) is 3.13. The van der Waals surface area contributed by atoms with E-state index in [4.69, 9.17) is 11.6 Å². The molecule has 1 aromatic carbocycles. The van der Waals surface area contributed by atoms with E-state index in [1.165, 1.54) is 6.33 Å². The van der Waals surface area contributed by atoms with Gasteiger partial charge >= 0.3 is 0 Å². The van der Waals surface area contributed by atoms with E-state index < -0.39 is 5.92 Å². The average Bonchev–Trinajstić information content (AvgIpc) is 2.99. The molecule has 6 nitrogen and oxygen atoms in total. The molecule has 0 bridgehead atoms. The lowest BCUT2D eigenvalue weighted by molar-refractivity contribution is -0.116. The molecule has 3 heterocycles. The Kier molecular flexibility index (Phi) is 2.49. The number of aromatic nitrogens is 4. The Morgan fingerprint density at radius 3 is 3.05 bits per heavy atom. The van der Waals surface area contributed by atoms with Gasteiger partial charge in [-0.05, 0) is 23.8 Å². The van der Waals surface area contributed by atoms with Gasteiger partial charge in [-0.1, -0.05) is 11.6 Å². The van der Waals surface area contributed by atoms with Crippen molar-refractivity contribution in [2.24, 2.45) is 7.05 Å². The minimum Gasteiger partial charge on any atom is -0.325 e. The molecule has 1 unspecified atom stereocenters. The Morgan fingerprint density at radius 2 is 2.19 bits per heavy atom. The third kappa shape index (κ3) is 1.72. The van der Waals surface area contributed by atoms with Crippen molar-refractivity contribution in [2.75, 3.05) is 5.32 Å². The number of halogens is 1. The van der Waals surface area contributed by atoms with Crippen LogP contribution < -0.4 is 5.32 Å². The molecule has 7 heteroatoms. The second-order valence-electron chi connectivity index (χ2n) is 4.92. The van der Waals surface area contributed by atoms with Crippen LogP contribution in [0, 0.1) is 0 Å². The van der Waals surface area contributed by atoms with Crippen molar-refractivity contribution in [3.05, 3.63) is 47.0 Å². The number of rotatable bonds is 1. The van der Waals surface area contributed by atoms with E-state index in [2.05, 4.69) is 20.4 Å². The van der Waals surface area contributed by atoms with Gasteiger partial charge in [0.25, 0.3) is 0 Å². The number of anilines is 1. The van der Waals surface area contributed by atoms with Crippen molar-refractivity contribution >= 4 is 34.2 Å². The fourth-order valence-corrected chi connectivity index (χ4v) is 2.89. The van der Waals surface area contributed by atoms with E-state index in [0.29, 0.717) is 16.4 Å². The quantitative estimate of drug-likeness (QED) is 0.747. The summed E-state index contributed by atoms with van der Waals surface area (Å²) in [7, 11) is 1.80. The van der Waals surface area contributed by atoms with Crippen LogP contribution in [-0.2, 0) is 11.8 Å². The number of hydrogen-bond acceptors (Lipinski definition) is 4. The van der Waals surface area contributed by atoms with Crippen molar-refractivity contribution < 1.29 is 4.79 Å². The van der Waals surface area contributed by atoms with Crippen LogP contribution in [0.1, 0.15) is 17.2 Å². The van der Waals surface area contributed by atoms with E-state index in [1.54, 1.807) is 36.1 Å². The fraction of sp³-hybridized carbons (Fsp3) is 0.143. The van der Waals surface area contributed by atoms with Crippen LogP contribution in [0.25, 0.3) is 11.0 Å². The zero-order chi connectivity index (χ0) is 14.6. The standard InChI is InChI=1S/C14H10ClN5O/c1-20-13-9(5-18-20)12(16-6-17-13)11-8-4-7(15)2-3-10(8)19-14(11)21/h2-6,11H,1H3,(H,19,21). The van der Waals surface area contributed by atoms with Gasteiger partial charge in [0.05, 0.1) is 17.3 Å². The molecule has 1 amide bonds. The molecule has 0 radical (unpaired) electrons. The predicted octanol–water partition coefficient (Wildman–Crippen LogP) is 2.10. The first-order chi connectivity index (χ1) is 10.1. The molecule has 0 fully saturated rings. The van der Waals surface area contributed by atoms with Gasteiger partial charge in [0.15, 0.2) is 5.65 Å². The van der Waals surface area contributed by atoms with Crippen molar-refractivity contribution in [3.8, 4) is 0 Å². The summed E-state index contributed by atoms with van der Waals surface area (Å²) < 4.78 is 1.66. The summed E-state index contributed by atoms with van der Waals surface area (Å²) in [6.45, 7) is 0. The minimum absolute atomic E-state index is 0.115. The average molecular weight is 300 g/mol. The van der Waals surface area contributed by atoms with Crippen LogP contribution in [0.5, 0.6) is 0 Å². The van der Waals surface area contributed by atoms with Crippen LogP contribution in [0.15, 0.2) is 30.7 Å². The number of nitrogens with zero attached hydrogens (tertiary/aromatic N) is 4. The van der Waals surface area contributed by atoms with Crippen LogP contribution in [0.4, 0.5) is 5.69 Å². The molecular weight excluding hydrogens is 290 g/mol. The zero-order valence-electron chi connectivity index (χ0n) is 11.0. The molecule has 2 aromatic heterocycles. The highest BCUT2D eigenvalue weighted by Crippen LogP contribution is 2.39. The molecule has 0 aliphatic carbocycles. The van der Waals surface area contributed by atoms with Gasteiger partial charge in [0.2, 0.25) is 5.91 Å². The highest BCUT2D eigenvalue weighted by atomic mass is 35.5. The number of carbonyl (C=O) groups excluding carboxylic acids is 1. The monoisotopic (exact) mass is 299 g/mol. The maximum Gasteiger partial charge on any atom is 0.238 e. The second kappa shape index (κ2) is 4.26. The van der Waals surface area contributed by atoms with Crippen LogP contribution in [0.3, 0.4) is 0 Å². The molecule has 1 aliphatic rings.